The Hall–Kier alpha value is -3.67. The van der Waals surface area contributed by atoms with Gasteiger partial charge in [0.2, 0.25) is 0 Å². The molecule has 0 radical (unpaired) electrons. The van der Waals surface area contributed by atoms with E-state index in [1.54, 1.807) is 0 Å². The predicted molar refractivity (Wildman–Crippen MR) is 256 cm³/mol. The van der Waals surface area contributed by atoms with Crippen molar-refractivity contribution < 1.29 is 28.6 Å². The number of ether oxygens (including phenoxy) is 3. The van der Waals surface area contributed by atoms with Crippen molar-refractivity contribution >= 4 is 17.9 Å². The zero-order chi connectivity index (χ0) is 43.7. The molecular formula is C54H88O6. The molecule has 340 valence electrons. The maximum Gasteiger partial charge on any atom is 0.306 e. The fourth-order valence-electron chi connectivity index (χ4n) is 6.35. The number of hydrogen-bond acceptors (Lipinski definition) is 6. The first-order valence-corrected chi connectivity index (χ1v) is 24.3. The Morgan fingerprint density at radius 3 is 1.03 bits per heavy atom. The molecule has 6 heteroatoms. The normalized spacial score (nSPS) is 12.9. The van der Waals surface area contributed by atoms with E-state index in [1.807, 2.05) is 48.6 Å². The summed E-state index contributed by atoms with van der Waals surface area (Å²) in [6.45, 7) is 6.39. The highest BCUT2D eigenvalue weighted by Gasteiger charge is 2.19. The van der Waals surface area contributed by atoms with E-state index in [-0.39, 0.29) is 37.5 Å². The van der Waals surface area contributed by atoms with Gasteiger partial charge in [-0.25, -0.2) is 0 Å². The molecule has 0 heterocycles. The fourth-order valence-corrected chi connectivity index (χ4v) is 6.35. The predicted octanol–water partition coefficient (Wildman–Crippen LogP) is 15.8. The molecule has 0 amide bonds. The summed E-state index contributed by atoms with van der Waals surface area (Å²) < 4.78 is 16.7. The van der Waals surface area contributed by atoms with Crippen molar-refractivity contribution in [3.63, 3.8) is 0 Å². The number of carbonyl (C=O) groups excluding carboxylic acids is 3. The minimum atomic E-state index is -0.806. The van der Waals surface area contributed by atoms with Crippen molar-refractivity contribution in [3.05, 3.63) is 97.2 Å². The van der Waals surface area contributed by atoms with Crippen LogP contribution in [0.3, 0.4) is 0 Å². The molecule has 0 saturated carbocycles. The minimum Gasteiger partial charge on any atom is -0.462 e. The lowest BCUT2D eigenvalue weighted by molar-refractivity contribution is -0.167. The maximum absolute atomic E-state index is 12.7. The van der Waals surface area contributed by atoms with Crippen molar-refractivity contribution in [2.24, 2.45) is 0 Å². The highest BCUT2D eigenvalue weighted by Crippen LogP contribution is 2.13. The molecule has 1 atom stereocenters. The third kappa shape index (κ3) is 45.4. The molecule has 0 spiro atoms. The van der Waals surface area contributed by atoms with Gasteiger partial charge in [0.05, 0.1) is 0 Å². The van der Waals surface area contributed by atoms with Crippen LogP contribution in [0.15, 0.2) is 97.2 Å². The third-order valence-corrected chi connectivity index (χ3v) is 10.0. The Balaban J connectivity index is 4.47. The lowest BCUT2D eigenvalue weighted by Gasteiger charge is -2.18. The number of esters is 3. The van der Waals surface area contributed by atoms with E-state index in [4.69, 9.17) is 14.2 Å². The molecule has 0 aromatic rings. The van der Waals surface area contributed by atoms with E-state index in [1.165, 1.54) is 70.6 Å². The second-order valence-corrected chi connectivity index (χ2v) is 15.8. The Labute approximate surface area is 368 Å². The van der Waals surface area contributed by atoms with Crippen molar-refractivity contribution in [3.8, 4) is 0 Å². The average Bonchev–Trinajstić information content (AvgIpc) is 3.24. The Kier molecular flexibility index (Phi) is 45.1. The second-order valence-electron chi connectivity index (χ2n) is 15.8. The summed E-state index contributed by atoms with van der Waals surface area (Å²) in [6, 6.07) is 0. The van der Waals surface area contributed by atoms with Gasteiger partial charge in [0.15, 0.2) is 6.10 Å². The summed E-state index contributed by atoms with van der Waals surface area (Å²) in [4.78, 5) is 37.8. The highest BCUT2D eigenvalue weighted by molar-refractivity contribution is 5.71. The summed E-state index contributed by atoms with van der Waals surface area (Å²) >= 11 is 0. The van der Waals surface area contributed by atoms with E-state index >= 15 is 0 Å². The van der Waals surface area contributed by atoms with E-state index in [0.717, 1.165) is 89.9 Å². The van der Waals surface area contributed by atoms with Crippen LogP contribution in [0.1, 0.15) is 207 Å². The number of unbranched alkanes of at least 4 members (excludes halogenated alkanes) is 21. The molecule has 0 aliphatic heterocycles. The smallest absolute Gasteiger partial charge is 0.306 e. The first-order valence-electron chi connectivity index (χ1n) is 24.3. The van der Waals surface area contributed by atoms with Gasteiger partial charge in [0.1, 0.15) is 13.2 Å². The summed E-state index contributed by atoms with van der Waals surface area (Å²) in [7, 11) is 0. The topological polar surface area (TPSA) is 78.9 Å². The van der Waals surface area contributed by atoms with Gasteiger partial charge in [0.25, 0.3) is 0 Å². The summed E-state index contributed by atoms with van der Waals surface area (Å²) in [5.74, 6) is -0.974. The van der Waals surface area contributed by atoms with Crippen LogP contribution in [-0.2, 0) is 28.6 Å². The monoisotopic (exact) mass is 833 g/mol. The Morgan fingerprint density at radius 2 is 0.650 bits per heavy atom. The van der Waals surface area contributed by atoms with Crippen LogP contribution in [0, 0.1) is 0 Å². The van der Waals surface area contributed by atoms with Crippen molar-refractivity contribution in [1.29, 1.82) is 0 Å². The van der Waals surface area contributed by atoms with Gasteiger partial charge < -0.3 is 14.2 Å². The molecule has 6 nitrogen and oxygen atoms in total. The molecule has 0 rings (SSSR count). The van der Waals surface area contributed by atoms with Gasteiger partial charge in [-0.3, -0.25) is 14.4 Å². The highest BCUT2D eigenvalue weighted by atomic mass is 16.6. The number of rotatable bonds is 42. The fraction of sp³-hybridized carbons (Fsp3) is 0.648. The zero-order valence-corrected chi connectivity index (χ0v) is 38.7. The van der Waals surface area contributed by atoms with E-state index in [9.17, 15) is 14.4 Å². The standard InChI is InChI=1S/C54H88O6/c1-4-7-10-13-16-19-21-23-25-26-27-29-30-32-35-38-41-44-47-53(56)59-50-51(49-58-52(55)46-43-40-37-34-18-15-12-9-6-3)60-54(57)48-45-42-39-36-33-31-28-24-22-20-17-14-11-8-5-2/h8,11,14,17,20-29,31,33,51H,4-7,9-10,12-13,15-16,18-19,30,32,34-50H2,1-3H3/b11-8-,17-14-,22-20-,23-21-,26-25-,28-24-,29-27-,33-31-. The number of allylic oxidation sites excluding steroid dienone is 16. The second kappa shape index (κ2) is 48.0. The molecule has 0 saturated heterocycles. The summed E-state index contributed by atoms with van der Waals surface area (Å²) in [5, 5.41) is 0. The molecule has 0 aromatic heterocycles. The zero-order valence-electron chi connectivity index (χ0n) is 38.7. The summed E-state index contributed by atoms with van der Waals surface area (Å²) in [6.07, 6.45) is 62.4. The van der Waals surface area contributed by atoms with E-state index in [2.05, 4.69) is 69.4 Å². The van der Waals surface area contributed by atoms with Gasteiger partial charge in [-0.15, -0.1) is 0 Å². The molecule has 0 aromatic carbocycles. The molecule has 0 fully saturated rings. The first-order chi connectivity index (χ1) is 29.5. The van der Waals surface area contributed by atoms with E-state index in [0.29, 0.717) is 19.3 Å². The quantitative estimate of drug-likeness (QED) is 0.0264. The van der Waals surface area contributed by atoms with Gasteiger partial charge in [-0.1, -0.05) is 221 Å². The van der Waals surface area contributed by atoms with Gasteiger partial charge in [-0.2, -0.15) is 0 Å². The van der Waals surface area contributed by atoms with Crippen molar-refractivity contribution in [2.75, 3.05) is 13.2 Å². The summed E-state index contributed by atoms with van der Waals surface area (Å²) in [5.41, 5.74) is 0. The average molecular weight is 833 g/mol. The van der Waals surface area contributed by atoms with Crippen LogP contribution in [0.2, 0.25) is 0 Å². The van der Waals surface area contributed by atoms with Crippen molar-refractivity contribution in [1.82, 2.24) is 0 Å². The number of carbonyl (C=O) groups is 3. The third-order valence-electron chi connectivity index (χ3n) is 10.0. The number of hydrogen-bond donors (Lipinski definition) is 0. The van der Waals surface area contributed by atoms with Crippen LogP contribution in [0.4, 0.5) is 0 Å². The van der Waals surface area contributed by atoms with Crippen LogP contribution >= 0.6 is 0 Å². The molecule has 0 aliphatic carbocycles. The van der Waals surface area contributed by atoms with Crippen LogP contribution < -0.4 is 0 Å². The van der Waals surface area contributed by atoms with Crippen LogP contribution in [0.5, 0.6) is 0 Å². The van der Waals surface area contributed by atoms with Crippen LogP contribution in [-0.4, -0.2) is 37.2 Å². The Bertz CT molecular complexity index is 1230. The lowest BCUT2D eigenvalue weighted by Crippen LogP contribution is -2.30. The van der Waals surface area contributed by atoms with Gasteiger partial charge in [0, 0.05) is 19.3 Å². The Morgan fingerprint density at radius 1 is 0.350 bits per heavy atom. The molecule has 0 N–H and O–H groups in total. The molecular weight excluding hydrogens is 745 g/mol. The minimum absolute atomic E-state index is 0.102. The van der Waals surface area contributed by atoms with Crippen molar-refractivity contribution in [2.45, 2.75) is 213 Å². The largest absolute Gasteiger partial charge is 0.462 e. The van der Waals surface area contributed by atoms with E-state index < -0.39 is 6.10 Å². The molecule has 0 bridgehead atoms. The SMILES string of the molecule is CC\C=C/C=C\C=C/C=C\C=C/CCCCCC(=O)OC(COC(=O)CCCCCCC\C=C/C=C\C=C/CCCCCCC)COC(=O)CCCCCCCCCCC. The van der Waals surface area contributed by atoms with Crippen LogP contribution in [0.25, 0.3) is 0 Å². The first kappa shape index (κ1) is 56.3. The van der Waals surface area contributed by atoms with Gasteiger partial charge in [-0.05, 0) is 64.2 Å². The van der Waals surface area contributed by atoms with Gasteiger partial charge >= 0.3 is 17.9 Å². The lowest BCUT2D eigenvalue weighted by atomic mass is 10.1. The molecule has 60 heavy (non-hydrogen) atoms. The maximum atomic E-state index is 12.7. The molecule has 1 unspecified atom stereocenters. The molecule has 0 aliphatic rings.